The maximum Gasteiger partial charge on any atom is 0.164 e. The molecule has 0 amide bonds. The van der Waals surface area contributed by atoms with Crippen molar-refractivity contribution >= 4 is 0 Å². The van der Waals surface area contributed by atoms with E-state index < -0.39 is 131 Å². The Bertz CT molecular complexity index is 4360. The van der Waals surface area contributed by atoms with E-state index in [0.29, 0.717) is 22.3 Å². The van der Waals surface area contributed by atoms with E-state index in [2.05, 4.69) is 12.1 Å². The molecule has 0 spiro atoms. The Morgan fingerprint density at radius 2 is 0.529 bits per heavy atom. The van der Waals surface area contributed by atoms with Crippen LogP contribution in [0.4, 0.5) is 0 Å². The minimum Gasteiger partial charge on any atom is -0.208 e. The molecular formula is C62H40N6. The Hall–Kier alpha value is -9.00. The number of benzene rings is 9. The smallest absolute Gasteiger partial charge is 0.164 e. The fourth-order valence-corrected chi connectivity index (χ4v) is 9.01. The Morgan fingerprint density at radius 1 is 0.235 bits per heavy atom. The first-order valence-corrected chi connectivity index (χ1v) is 21.5. The van der Waals surface area contributed by atoms with Gasteiger partial charge >= 0.3 is 0 Å². The summed E-state index contributed by atoms with van der Waals surface area (Å²) < 4.78 is 157. The van der Waals surface area contributed by atoms with Gasteiger partial charge in [0.15, 0.2) is 34.9 Å². The van der Waals surface area contributed by atoms with Crippen LogP contribution in [-0.2, 0) is 0 Å². The van der Waals surface area contributed by atoms with Crippen LogP contribution in [0.5, 0.6) is 0 Å². The molecule has 9 aromatic carbocycles. The lowest BCUT2D eigenvalue weighted by molar-refractivity contribution is 0.754. The third-order valence-electron chi connectivity index (χ3n) is 12.1. The second-order valence-electron chi connectivity index (χ2n) is 16.0. The fourth-order valence-electron chi connectivity index (χ4n) is 9.01. The molecule has 0 saturated carbocycles. The van der Waals surface area contributed by atoms with Gasteiger partial charge in [0.2, 0.25) is 0 Å². The molecule has 0 saturated heterocycles. The Kier molecular flexibility index (Phi) is 6.06. The summed E-state index contributed by atoms with van der Waals surface area (Å²) in [4.78, 5) is 29.0. The van der Waals surface area contributed by atoms with Gasteiger partial charge < -0.3 is 0 Å². The van der Waals surface area contributed by atoms with E-state index in [9.17, 15) is 5.48 Å². The standard InChI is InChI=1S/C62H40N6/c1-5-15-39(16-6-1)41-25-29-45(30-26-41)59-63-57(43-19-9-3-10-20-43)65-61(67-59)47-33-35-51-53(37-47)55-49-23-13-14-24-50(49)56(51)54-38-48(34-36-52(54)55)62-66-58(44-21-11-4-12-22-44)64-60(68-62)46-31-27-42(28-32-46)40-17-7-2-8-18-40/h1-38,55-56H/i1D,2D,5D,6D,7D,8D,15D,16D,17D,18D,25D,26D,27D,28D,29D,30D,31D,32D. The van der Waals surface area contributed by atoms with Gasteiger partial charge in [-0.05, 0) is 67.8 Å². The van der Waals surface area contributed by atoms with Crippen molar-refractivity contribution in [3.8, 4) is 90.6 Å². The van der Waals surface area contributed by atoms with Crippen molar-refractivity contribution in [2.75, 3.05) is 0 Å². The topological polar surface area (TPSA) is 77.3 Å². The molecule has 11 aromatic rings. The molecule has 2 unspecified atom stereocenters. The Labute approximate surface area is 419 Å². The second-order valence-corrected chi connectivity index (χ2v) is 16.0. The molecule has 0 radical (unpaired) electrons. The fraction of sp³-hybridized carbons (Fsp3) is 0.0323. The third-order valence-corrected chi connectivity index (χ3v) is 12.1. The maximum absolute atomic E-state index is 9.28. The summed E-state index contributed by atoms with van der Waals surface area (Å²) in [5, 5.41) is 0. The average molecular weight is 887 g/mol. The number of rotatable bonds is 8. The summed E-state index contributed by atoms with van der Waals surface area (Å²) in [6.45, 7) is 0. The van der Waals surface area contributed by atoms with E-state index in [0.717, 1.165) is 33.4 Å². The van der Waals surface area contributed by atoms with Crippen LogP contribution in [0.2, 0.25) is 0 Å². The monoisotopic (exact) mass is 886 g/mol. The molecular weight excluding hydrogens is 829 g/mol. The minimum atomic E-state index is -0.691. The quantitative estimate of drug-likeness (QED) is 0.151. The summed E-state index contributed by atoms with van der Waals surface area (Å²) in [5.74, 6) is -0.428. The van der Waals surface area contributed by atoms with E-state index in [4.69, 9.17) is 49.1 Å². The predicted octanol–water partition coefficient (Wildman–Crippen LogP) is 14.4. The van der Waals surface area contributed by atoms with Crippen molar-refractivity contribution in [2.24, 2.45) is 0 Å². The van der Waals surface area contributed by atoms with Crippen molar-refractivity contribution in [3.05, 3.63) is 263 Å². The van der Waals surface area contributed by atoms with Crippen LogP contribution in [0.25, 0.3) is 90.6 Å². The first-order chi connectivity index (χ1) is 41.2. The lowest BCUT2D eigenvalue weighted by atomic mass is 9.61. The molecule has 0 aliphatic heterocycles. The SMILES string of the molecule is [2H]c1c([2H])c([2H])c(-c2c([2H])c([2H])c(-c3nc(-c4ccccc4)nc(-c4ccc5c(c4)C4c6ccccc6C5c5cc(-c6nc(-c7ccccc7)nc(-c7c([2H])c([2H])c(-c8c([2H])c([2H])c([2H])c([2H])c8[2H])c([2H])c7[2H])n6)ccc54)n3)c([2H])c2[2H])c([2H])c1[2H]. The number of aromatic nitrogens is 6. The molecule has 68 heavy (non-hydrogen) atoms. The van der Waals surface area contributed by atoms with Crippen LogP contribution < -0.4 is 0 Å². The highest BCUT2D eigenvalue weighted by Gasteiger charge is 2.41. The molecule has 0 N–H and O–H groups in total. The minimum absolute atomic E-state index is 0.152. The average Bonchev–Trinajstić information content (AvgIpc) is 0.738. The maximum atomic E-state index is 9.28. The van der Waals surface area contributed by atoms with Crippen molar-refractivity contribution in [1.82, 2.24) is 29.9 Å². The van der Waals surface area contributed by atoms with Crippen LogP contribution in [0.15, 0.2) is 230 Å². The van der Waals surface area contributed by atoms with Gasteiger partial charge in [-0.15, -0.1) is 0 Å². The summed E-state index contributed by atoms with van der Waals surface area (Å²) >= 11 is 0. The Morgan fingerprint density at radius 3 is 0.912 bits per heavy atom. The zero-order valence-corrected chi connectivity index (χ0v) is 35.4. The van der Waals surface area contributed by atoms with Crippen molar-refractivity contribution in [2.45, 2.75) is 11.8 Å². The normalized spacial score (nSPS) is 17.9. The first-order valence-electron chi connectivity index (χ1n) is 30.5. The molecule has 14 rings (SSSR count). The highest BCUT2D eigenvalue weighted by Crippen LogP contribution is 2.56. The van der Waals surface area contributed by atoms with Gasteiger partial charge in [0.1, 0.15) is 0 Å². The summed E-state index contributed by atoms with van der Waals surface area (Å²) in [6, 6.07) is 25.9. The van der Waals surface area contributed by atoms with E-state index in [1.54, 1.807) is 48.5 Å². The summed E-state index contributed by atoms with van der Waals surface area (Å²) in [7, 11) is 0. The number of nitrogens with zero attached hydrogens (tertiary/aromatic N) is 6. The number of hydrogen-bond donors (Lipinski definition) is 0. The van der Waals surface area contributed by atoms with Gasteiger partial charge in [0.05, 0.1) is 24.7 Å². The highest BCUT2D eigenvalue weighted by atomic mass is 15.0. The summed E-state index contributed by atoms with van der Waals surface area (Å²) in [5.41, 5.74) is 5.65. The molecule has 3 aliphatic carbocycles. The molecule has 0 fully saturated rings. The van der Waals surface area contributed by atoms with Crippen LogP contribution in [-0.4, -0.2) is 29.9 Å². The van der Waals surface area contributed by atoms with Gasteiger partial charge in [-0.1, -0.05) is 218 Å². The molecule has 2 bridgehead atoms. The van der Waals surface area contributed by atoms with Crippen LogP contribution in [0.1, 0.15) is 69.9 Å². The van der Waals surface area contributed by atoms with Gasteiger partial charge in [0, 0.05) is 45.2 Å². The van der Waals surface area contributed by atoms with Crippen molar-refractivity contribution in [1.29, 1.82) is 0 Å². The van der Waals surface area contributed by atoms with Gasteiger partial charge in [-0.2, -0.15) is 0 Å². The number of hydrogen-bond acceptors (Lipinski definition) is 6. The predicted molar refractivity (Wildman–Crippen MR) is 271 cm³/mol. The lowest BCUT2D eigenvalue weighted by Gasteiger charge is -2.42. The van der Waals surface area contributed by atoms with Crippen LogP contribution >= 0.6 is 0 Å². The second kappa shape index (κ2) is 16.5. The van der Waals surface area contributed by atoms with Crippen LogP contribution in [0, 0.1) is 0 Å². The first kappa shape index (κ1) is 25.1. The Balaban J connectivity index is 0.941. The van der Waals surface area contributed by atoms with E-state index in [-0.39, 0.29) is 57.9 Å². The van der Waals surface area contributed by atoms with E-state index in [1.165, 1.54) is 0 Å². The molecule has 3 aliphatic rings. The van der Waals surface area contributed by atoms with Crippen molar-refractivity contribution < 1.29 is 24.7 Å². The molecule has 2 heterocycles. The van der Waals surface area contributed by atoms with Gasteiger partial charge in [-0.25, -0.2) is 29.9 Å². The van der Waals surface area contributed by atoms with Crippen LogP contribution in [0.3, 0.4) is 0 Å². The highest BCUT2D eigenvalue weighted by molar-refractivity contribution is 5.77. The van der Waals surface area contributed by atoms with Crippen molar-refractivity contribution in [3.63, 3.8) is 0 Å². The third kappa shape index (κ3) is 6.98. The molecule has 6 heteroatoms. The summed E-state index contributed by atoms with van der Waals surface area (Å²) in [6.07, 6.45) is 0. The molecule has 318 valence electrons. The molecule has 2 atom stereocenters. The lowest BCUT2D eigenvalue weighted by Crippen LogP contribution is -2.27. The van der Waals surface area contributed by atoms with E-state index in [1.807, 2.05) is 60.7 Å². The zero-order valence-electron chi connectivity index (χ0n) is 53.4. The zero-order chi connectivity index (χ0) is 60.6. The molecule has 6 nitrogen and oxygen atoms in total. The van der Waals surface area contributed by atoms with E-state index >= 15 is 0 Å². The molecule has 2 aromatic heterocycles. The van der Waals surface area contributed by atoms with Gasteiger partial charge in [-0.3, -0.25) is 0 Å². The van der Waals surface area contributed by atoms with Gasteiger partial charge in [0.25, 0.3) is 0 Å². The largest absolute Gasteiger partial charge is 0.208 e.